The molecular formula is C22H23N3O4S. The van der Waals surface area contributed by atoms with Gasteiger partial charge in [-0.15, -0.1) is 11.3 Å². The van der Waals surface area contributed by atoms with Gasteiger partial charge in [-0.05, 0) is 54.6 Å². The average molecular weight is 426 g/mol. The van der Waals surface area contributed by atoms with Gasteiger partial charge in [-0.25, -0.2) is 0 Å². The molecule has 0 aliphatic carbocycles. The van der Waals surface area contributed by atoms with Crippen LogP contribution in [0.15, 0.2) is 42.0 Å². The number of hydrogen-bond donors (Lipinski definition) is 2. The number of aryl methyl sites for hydroxylation is 2. The van der Waals surface area contributed by atoms with Gasteiger partial charge in [-0.2, -0.15) is 0 Å². The first-order valence-corrected chi connectivity index (χ1v) is 10.1. The van der Waals surface area contributed by atoms with E-state index in [0.717, 1.165) is 16.0 Å². The summed E-state index contributed by atoms with van der Waals surface area (Å²) in [5.41, 5.74) is 3.03. The first-order chi connectivity index (χ1) is 14.4. The molecule has 2 N–H and O–H groups in total. The van der Waals surface area contributed by atoms with Crippen molar-refractivity contribution in [1.82, 2.24) is 10.3 Å². The molecule has 0 fully saturated rings. The number of hydrogen-bond acceptors (Lipinski definition) is 6. The molecule has 1 aromatic carbocycles. The number of pyridine rings is 1. The Hall–Kier alpha value is -3.39. The van der Waals surface area contributed by atoms with Crippen molar-refractivity contribution in [3.05, 3.63) is 69.2 Å². The Labute approximate surface area is 179 Å². The molecule has 0 saturated heterocycles. The van der Waals surface area contributed by atoms with Gasteiger partial charge in [-0.1, -0.05) is 0 Å². The van der Waals surface area contributed by atoms with Crippen LogP contribution in [-0.2, 0) is 6.54 Å². The van der Waals surface area contributed by atoms with Gasteiger partial charge in [0.15, 0.2) is 11.5 Å². The van der Waals surface area contributed by atoms with Crippen molar-refractivity contribution < 1.29 is 19.1 Å². The molecule has 7 nitrogen and oxygen atoms in total. The Morgan fingerprint density at radius 3 is 2.50 bits per heavy atom. The molecule has 30 heavy (non-hydrogen) atoms. The van der Waals surface area contributed by atoms with Crippen LogP contribution in [0.5, 0.6) is 11.5 Å². The van der Waals surface area contributed by atoms with Crippen LogP contribution < -0.4 is 20.1 Å². The minimum Gasteiger partial charge on any atom is -0.493 e. The molecule has 8 heteroatoms. The van der Waals surface area contributed by atoms with Crippen LogP contribution >= 0.6 is 11.3 Å². The maximum absolute atomic E-state index is 12.8. The fourth-order valence-electron chi connectivity index (χ4n) is 2.93. The van der Waals surface area contributed by atoms with Gasteiger partial charge in [0.05, 0.1) is 32.0 Å². The molecule has 3 rings (SSSR count). The van der Waals surface area contributed by atoms with Crippen LogP contribution in [0.2, 0.25) is 0 Å². The van der Waals surface area contributed by atoms with Gasteiger partial charge in [0, 0.05) is 22.8 Å². The predicted molar refractivity (Wildman–Crippen MR) is 117 cm³/mol. The fourth-order valence-corrected chi connectivity index (χ4v) is 3.77. The largest absolute Gasteiger partial charge is 0.493 e. The van der Waals surface area contributed by atoms with E-state index in [4.69, 9.17) is 9.47 Å². The number of anilines is 1. The molecule has 0 aliphatic heterocycles. The number of thiophene rings is 1. The van der Waals surface area contributed by atoms with Crippen LogP contribution in [0.25, 0.3) is 0 Å². The lowest BCUT2D eigenvalue weighted by Gasteiger charge is -2.16. The third kappa shape index (κ3) is 4.60. The number of carbonyl (C=O) groups is 2. The number of ether oxygens (including phenoxy) is 2. The minimum absolute atomic E-state index is 0.281. The molecule has 2 aromatic heterocycles. The van der Waals surface area contributed by atoms with E-state index in [9.17, 15) is 9.59 Å². The summed E-state index contributed by atoms with van der Waals surface area (Å²) in [5.74, 6) is 0.0400. The van der Waals surface area contributed by atoms with Crippen molar-refractivity contribution in [3.8, 4) is 11.5 Å². The molecule has 0 radical (unpaired) electrons. The third-order valence-electron chi connectivity index (χ3n) is 4.65. The van der Waals surface area contributed by atoms with E-state index < -0.39 is 0 Å². The van der Waals surface area contributed by atoms with Crippen molar-refractivity contribution in [1.29, 1.82) is 0 Å². The van der Waals surface area contributed by atoms with Gasteiger partial charge in [-0.3, -0.25) is 14.6 Å². The second-order valence-corrected chi connectivity index (χ2v) is 7.61. The standard InChI is InChI=1S/C22H23N3O4S/c1-13-5-7-23-11-16(13)22(27)25-17-9-15(10-18(28-3)20(17)29-4)21(26)24-12-19-14(2)6-8-30-19/h5-11H,12H2,1-4H3,(H,24,26)(H,25,27). The Morgan fingerprint density at radius 2 is 1.87 bits per heavy atom. The monoisotopic (exact) mass is 425 g/mol. The number of carbonyl (C=O) groups excluding carboxylic acids is 2. The van der Waals surface area contributed by atoms with E-state index in [1.54, 1.807) is 35.7 Å². The molecule has 0 unspecified atom stereocenters. The average Bonchev–Trinajstić information content (AvgIpc) is 3.16. The smallest absolute Gasteiger partial charge is 0.257 e. The second-order valence-electron chi connectivity index (χ2n) is 6.61. The highest BCUT2D eigenvalue weighted by Crippen LogP contribution is 2.37. The molecule has 0 aliphatic rings. The van der Waals surface area contributed by atoms with E-state index in [-0.39, 0.29) is 11.8 Å². The highest BCUT2D eigenvalue weighted by atomic mass is 32.1. The van der Waals surface area contributed by atoms with Crippen LogP contribution in [0, 0.1) is 13.8 Å². The zero-order chi connectivity index (χ0) is 21.7. The van der Waals surface area contributed by atoms with Gasteiger partial charge in [0.1, 0.15) is 0 Å². The molecular weight excluding hydrogens is 402 g/mol. The van der Waals surface area contributed by atoms with Crippen molar-refractivity contribution in [2.45, 2.75) is 20.4 Å². The number of nitrogens with one attached hydrogen (secondary N) is 2. The molecule has 2 amide bonds. The van der Waals surface area contributed by atoms with Crippen molar-refractivity contribution >= 4 is 28.8 Å². The summed E-state index contributed by atoms with van der Waals surface area (Å²) < 4.78 is 10.8. The van der Waals surface area contributed by atoms with Crippen LogP contribution in [0.1, 0.15) is 36.7 Å². The normalized spacial score (nSPS) is 10.4. The Morgan fingerprint density at radius 1 is 1.07 bits per heavy atom. The van der Waals surface area contributed by atoms with E-state index in [1.807, 2.05) is 25.3 Å². The molecule has 2 heterocycles. The van der Waals surface area contributed by atoms with E-state index in [2.05, 4.69) is 15.6 Å². The fraction of sp³-hybridized carbons (Fsp3) is 0.227. The summed E-state index contributed by atoms with van der Waals surface area (Å²) in [5, 5.41) is 7.70. The Bertz CT molecular complexity index is 1080. The summed E-state index contributed by atoms with van der Waals surface area (Å²) in [4.78, 5) is 30.6. The van der Waals surface area contributed by atoms with Crippen LogP contribution in [0.4, 0.5) is 5.69 Å². The molecule has 0 bridgehead atoms. The number of aromatic nitrogens is 1. The Balaban J connectivity index is 1.88. The summed E-state index contributed by atoms with van der Waals surface area (Å²) in [6.07, 6.45) is 3.12. The number of rotatable bonds is 7. The summed E-state index contributed by atoms with van der Waals surface area (Å²) in [6.45, 7) is 4.25. The second kappa shape index (κ2) is 9.41. The van der Waals surface area contributed by atoms with Crippen LogP contribution in [-0.4, -0.2) is 31.0 Å². The maximum atomic E-state index is 12.8. The number of methoxy groups -OCH3 is 2. The van der Waals surface area contributed by atoms with E-state index in [0.29, 0.717) is 34.9 Å². The van der Waals surface area contributed by atoms with Crippen molar-refractivity contribution in [3.63, 3.8) is 0 Å². The van der Waals surface area contributed by atoms with Gasteiger partial charge >= 0.3 is 0 Å². The lowest BCUT2D eigenvalue weighted by molar-refractivity contribution is 0.0949. The van der Waals surface area contributed by atoms with Crippen molar-refractivity contribution in [2.75, 3.05) is 19.5 Å². The number of benzene rings is 1. The summed E-state index contributed by atoms with van der Waals surface area (Å²) in [6, 6.07) is 6.92. The van der Waals surface area contributed by atoms with Gasteiger partial charge in [0.25, 0.3) is 11.8 Å². The predicted octanol–water partition coefficient (Wildman–Crippen LogP) is 3.96. The topological polar surface area (TPSA) is 89.6 Å². The zero-order valence-electron chi connectivity index (χ0n) is 17.2. The first kappa shape index (κ1) is 21.3. The molecule has 0 atom stereocenters. The summed E-state index contributed by atoms with van der Waals surface area (Å²) in [7, 11) is 2.95. The number of amides is 2. The quantitative estimate of drug-likeness (QED) is 0.598. The molecule has 0 saturated carbocycles. The SMILES string of the molecule is COc1cc(C(=O)NCc2sccc2C)cc(NC(=O)c2cnccc2C)c1OC. The maximum Gasteiger partial charge on any atom is 0.257 e. The van der Waals surface area contributed by atoms with Crippen molar-refractivity contribution in [2.24, 2.45) is 0 Å². The first-order valence-electron chi connectivity index (χ1n) is 9.23. The molecule has 0 spiro atoms. The highest BCUT2D eigenvalue weighted by Gasteiger charge is 2.19. The lowest BCUT2D eigenvalue weighted by atomic mass is 10.1. The summed E-state index contributed by atoms with van der Waals surface area (Å²) >= 11 is 1.59. The van der Waals surface area contributed by atoms with E-state index in [1.165, 1.54) is 20.4 Å². The minimum atomic E-state index is -0.354. The highest BCUT2D eigenvalue weighted by molar-refractivity contribution is 7.10. The number of nitrogens with zero attached hydrogens (tertiary/aromatic N) is 1. The molecule has 3 aromatic rings. The van der Waals surface area contributed by atoms with Gasteiger partial charge < -0.3 is 20.1 Å². The van der Waals surface area contributed by atoms with Crippen LogP contribution in [0.3, 0.4) is 0 Å². The zero-order valence-corrected chi connectivity index (χ0v) is 18.1. The molecule has 156 valence electrons. The van der Waals surface area contributed by atoms with E-state index >= 15 is 0 Å². The lowest BCUT2D eigenvalue weighted by Crippen LogP contribution is -2.23. The third-order valence-corrected chi connectivity index (χ3v) is 5.67. The van der Waals surface area contributed by atoms with Gasteiger partial charge in [0.2, 0.25) is 0 Å². The Kier molecular flexibility index (Phi) is 6.68.